The summed E-state index contributed by atoms with van der Waals surface area (Å²) in [6.07, 6.45) is 3.14. The lowest BCUT2D eigenvalue weighted by atomic mass is 9.78. The van der Waals surface area contributed by atoms with Gasteiger partial charge in [-0.1, -0.05) is 13.8 Å². The van der Waals surface area contributed by atoms with Gasteiger partial charge in [0, 0.05) is 12.1 Å². The fourth-order valence-corrected chi connectivity index (χ4v) is 4.74. The van der Waals surface area contributed by atoms with Crippen LogP contribution >= 0.6 is 0 Å². The first-order chi connectivity index (χ1) is 16.4. The van der Waals surface area contributed by atoms with Crippen molar-refractivity contribution >= 4 is 24.1 Å². The Hall–Kier alpha value is -2.52. The van der Waals surface area contributed by atoms with E-state index in [1.54, 1.807) is 0 Å². The number of alkyl carbamates (subject to hydrolysis) is 2. The predicted molar refractivity (Wildman–Crippen MR) is 135 cm³/mol. The molecule has 0 saturated heterocycles. The van der Waals surface area contributed by atoms with Gasteiger partial charge in [-0.05, 0) is 91.9 Å². The number of hydrogen-bond donors (Lipinski definition) is 4. The van der Waals surface area contributed by atoms with Crippen molar-refractivity contribution in [2.45, 2.75) is 117 Å². The Bertz CT molecular complexity index is 707. The molecule has 2 saturated carbocycles. The quantitative estimate of drug-likeness (QED) is 0.417. The first kappa shape index (κ1) is 31.5. The molecule has 2 aliphatic carbocycles. The standard InChI is InChI=1S/2C13H23NO4/c2*1-8-7-9(5-6-10(8)11(15)16)14-12(17)18-13(2,3)4/h2*8-10H,5-7H2,1-4H3,(H,14,17)(H,15,16)/t2*8-,9-,10?/m10/s1. The summed E-state index contributed by atoms with van der Waals surface area (Å²) < 4.78 is 10.4. The summed E-state index contributed by atoms with van der Waals surface area (Å²) in [5.41, 5.74) is -1.01. The fraction of sp³-hybridized carbons (Fsp3) is 0.846. The molecule has 0 heterocycles. The molecule has 0 radical (unpaired) electrons. The van der Waals surface area contributed by atoms with Crippen molar-refractivity contribution < 1.29 is 38.9 Å². The summed E-state index contributed by atoms with van der Waals surface area (Å²) in [5, 5.41) is 23.7. The lowest BCUT2D eigenvalue weighted by molar-refractivity contribution is -0.145. The Morgan fingerprint density at radius 2 is 0.944 bits per heavy atom. The summed E-state index contributed by atoms with van der Waals surface area (Å²) in [5.74, 6) is -1.90. The van der Waals surface area contributed by atoms with Crippen LogP contribution in [0.1, 0.15) is 93.9 Å². The Labute approximate surface area is 214 Å². The molecule has 0 spiro atoms. The van der Waals surface area contributed by atoms with Gasteiger partial charge in [-0.2, -0.15) is 0 Å². The molecule has 2 fully saturated rings. The molecule has 2 unspecified atom stereocenters. The van der Waals surface area contributed by atoms with Crippen LogP contribution in [0.2, 0.25) is 0 Å². The molecule has 36 heavy (non-hydrogen) atoms. The maximum atomic E-state index is 11.6. The molecular formula is C26H46N2O8. The van der Waals surface area contributed by atoms with Crippen LogP contribution in [-0.2, 0) is 19.1 Å². The Kier molecular flexibility index (Phi) is 11.5. The number of carbonyl (C=O) groups excluding carboxylic acids is 2. The molecular weight excluding hydrogens is 468 g/mol. The molecule has 4 N–H and O–H groups in total. The van der Waals surface area contributed by atoms with Crippen LogP contribution in [0.3, 0.4) is 0 Å². The van der Waals surface area contributed by atoms with E-state index in [-0.39, 0.29) is 35.8 Å². The second-order valence-electron chi connectivity index (χ2n) is 12.2. The van der Waals surface area contributed by atoms with Gasteiger partial charge >= 0.3 is 24.1 Å². The average Bonchev–Trinajstić information content (AvgIpc) is 2.64. The van der Waals surface area contributed by atoms with Crippen LogP contribution in [-0.4, -0.2) is 57.6 Å². The summed E-state index contributed by atoms with van der Waals surface area (Å²) in [6.45, 7) is 14.7. The number of amides is 2. The molecule has 0 aromatic carbocycles. The van der Waals surface area contributed by atoms with Crippen molar-refractivity contribution in [3.05, 3.63) is 0 Å². The number of ether oxygens (including phenoxy) is 2. The van der Waals surface area contributed by atoms with Gasteiger partial charge in [-0.25, -0.2) is 9.59 Å². The van der Waals surface area contributed by atoms with Gasteiger partial charge in [-0.15, -0.1) is 0 Å². The third-order valence-electron chi connectivity index (χ3n) is 6.41. The number of hydrogen-bond acceptors (Lipinski definition) is 6. The fourth-order valence-electron chi connectivity index (χ4n) is 4.74. The molecule has 2 aliphatic rings. The van der Waals surface area contributed by atoms with Crippen LogP contribution in [0.4, 0.5) is 9.59 Å². The van der Waals surface area contributed by atoms with Gasteiger partial charge in [0.1, 0.15) is 11.2 Å². The van der Waals surface area contributed by atoms with E-state index in [0.29, 0.717) is 38.5 Å². The van der Waals surface area contributed by atoms with E-state index in [2.05, 4.69) is 10.6 Å². The molecule has 10 heteroatoms. The maximum absolute atomic E-state index is 11.6. The van der Waals surface area contributed by atoms with Crippen LogP contribution in [0.25, 0.3) is 0 Å². The lowest BCUT2D eigenvalue weighted by Crippen LogP contribution is -2.43. The van der Waals surface area contributed by atoms with Gasteiger partial charge in [0.15, 0.2) is 0 Å². The summed E-state index contributed by atoms with van der Waals surface area (Å²) in [6, 6.07) is 0.0379. The molecule has 0 bridgehead atoms. The Morgan fingerprint density at radius 3 is 1.17 bits per heavy atom. The van der Waals surface area contributed by atoms with Crippen molar-refractivity contribution in [3.63, 3.8) is 0 Å². The topological polar surface area (TPSA) is 151 Å². The number of carboxylic acid groups (broad SMARTS) is 2. The van der Waals surface area contributed by atoms with Crippen molar-refractivity contribution in [2.24, 2.45) is 23.7 Å². The molecule has 2 amide bonds. The minimum Gasteiger partial charge on any atom is -0.481 e. The molecule has 6 atom stereocenters. The van der Waals surface area contributed by atoms with E-state index >= 15 is 0 Å². The second kappa shape index (κ2) is 13.1. The SMILES string of the molecule is C[C@@H]1C[C@H](NC(=O)OC(C)(C)C)CCC1C(=O)O.C[C@H]1C[C@@H](NC(=O)OC(C)(C)C)CCC1C(=O)O. The van der Waals surface area contributed by atoms with Gasteiger partial charge in [0.25, 0.3) is 0 Å². The highest BCUT2D eigenvalue weighted by Crippen LogP contribution is 2.31. The molecule has 208 valence electrons. The van der Waals surface area contributed by atoms with Gasteiger partial charge in [0.05, 0.1) is 11.8 Å². The maximum Gasteiger partial charge on any atom is 0.407 e. The van der Waals surface area contributed by atoms with Gasteiger partial charge < -0.3 is 30.3 Å². The van der Waals surface area contributed by atoms with E-state index in [1.165, 1.54) is 0 Å². The second-order valence-corrected chi connectivity index (χ2v) is 12.2. The minimum absolute atomic E-state index is 0.0189. The highest BCUT2D eigenvalue weighted by molar-refractivity contribution is 5.71. The van der Waals surface area contributed by atoms with E-state index in [9.17, 15) is 19.2 Å². The van der Waals surface area contributed by atoms with E-state index in [1.807, 2.05) is 55.4 Å². The highest BCUT2D eigenvalue weighted by atomic mass is 16.6. The normalized spacial score (nSPS) is 28.6. The first-order valence-electron chi connectivity index (χ1n) is 12.8. The Morgan fingerprint density at radius 1 is 0.639 bits per heavy atom. The largest absolute Gasteiger partial charge is 0.481 e. The summed E-state index contributed by atoms with van der Waals surface area (Å²) in [4.78, 5) is 45.1. The molecule has 0 aromatic rings. The molecule has 0 aliphatic heterocycles. The van der Waals surface area contributed by atoms with Crippen LogP contribution in [0, 0.1) is 23.7 Å². The number of aliphatic carboxylic acids is 2. The van der Waals surface area contributed by atoms with Gasteiger partial charge in [0.2, 0.25) is 0 Å². The summed E-state index contributed by atoms with van der Waals surface area (Å²) in [7, 11) is 0. The number of rotatable bonds is 4. The predicted octanol–water partition coefficient (Wildman–Crippen LogP) is 4.80. The third-order valence-corrected chi connectivity index (χ3v) is 6.41. The van der Waals surface area contributed by atoms with Gasteiger partial charge in [-0.3, -0.25) is 9.59 Å². The minimum atomic E-state index is -0.738. The van der Waals surface area contributed by atoms with Crippen molar-refractivity contribution in [2.75, 3.05) is 0 Å². The zero-order valence-electron chi connectivity index (χ0n) is 23.1. The van der Waals surface area contributed by atoms with E-state index in [4.69, 9.17) is 19.7 Å². The average molecular weight is 515 g/mol. The van der Waals surface area contributed by atoms with Crippen molar-refractivity contribution in [1.29, 1.82) is 0 Å². The number of carbonyl (C=O) groups is 4. The number of nitrogens with one attached hydrogen (secondary N) is 2. The van der Waals surface area contributed by atoms with E-state index < -0.39 is 35.3 Å². The van der Waals surface area contributed by atoms with Crippen molar-refractivity contribution in [1.82, 2.24) is 10.6 Å². The van der Waals surface area contributed by atoms with Crippen molar-refractivity contribution in [3.8, 4) is 0 Å². The Balaban J connectivity index is 0.000000360. The lowest BCUT2D eigenvalue weighted by Gasteiger charge is -2.32. The molecule has 10 nitrogen and oxygen atoms in total. The van der Waals surface area contributed by atoms with Crippen LogP contribution in [0.15, 0.2) is 0 Å². The first-order valence-corrected chi connectivity index (χ1v) is 12.8. The number of carboxylic acids is 2. The third kappa shape index (κ3) is 11.9. The zero-order chi connectivity index (χ0) is 27.8. The smallest absolute Gasteiger partial charge is 0.407 e. The van der Waals surface area contributed by atoms with Crippen LogP contribution in [0.5, 0.6) is 0 Å². The zero-order valence-corrected chi connectivity index (χ0v) is 23.1. The monoisotopic (exact) mass is 514 g/mol. The van der Waals surface area contributed by atoms with E-state index in [0.717, 1.165) is 0 Å². The summed E-state index contributed by atoms with van der Waals surface area (Å²) >= 11 is 0. The van der Waals surface area contributed by atoms with Crippen LogP contribution < -0.4 is 10.6 Å². The molecule has 0 aromatic heterocycles. The molecule has 2 rings (SSSR count). The highest BCUT2D eigenvalue weighted by Gasteiger charge is 2.34.